The van der Waals surface area contributed by atoms with E-state index in [0.29, 0.717) is 22.9 Å². The highest BCUT2D eigenvalue weighted by Gasteiger charge is 2.19. The number of aryl methyl sites for hydroxylation is 1. The van der Waals surface area contributed by atoms with Crippen LogP contribution in [0.5, 0.6) is 0 Å². The van der Waals surface area contributed by atoms with E-state index >= 15 is 0 Å². The van der Waals surface area contributed by atoms with Crippen LogP contribution < -0.4 is 0 Å². The molecule has 0 bridgehead atoms. The molecule has 0 aliphatic heterocycles. The quantitative estimate of drug-likeness (QED) is 0.466. The largest absolute Gasteiger partial charge is 0.463 e. The van der Waals surface area contributed by atoms with E-state index in [1.54, 1.807) is 12.5 Å². The molecule has 0 fully saturated rings. The number of halogens is 1. The maximum Gasteiger partial charge on any atom is 0.154 e. The summed E-state index contributed by atoms with van der Waals surface area (Å²) in [6, 6.07) is 9.42. The molecule has 0 unspecified atom stereocenters. The summed E-state index contributed by atoms with van der Waals surface area (Å²) in [6.07, 6.45) is 3.26. The van der Waals surface area contributed by atoms with Crippen LogP contribution in [0.4, 0.5) is 0 Å². The van der Waals surface area contributed by atoms with Gasteiger partial charge in [-0.1, -0.05) is 15.9 Å². The van der Waals surface area contributed by atoms with Crippen molar-refractivity contribution in [3.05, 3.63) is 58.5 Å². The van der Waals surface area contributed by atoms with Crippen molar-refractivity contribution in [1.82, 2.24) is 9.97 Å². The van der Waals surface area contributed by atoms with Gasteiger partial charge in [-0.2, -0.15) is 0 Å². The van der Waals surface area contributed by atoms with Crippen LogP contribution in [0, 0.1) is 13.8 Å². The zero-order chi connectivity index (χ0) is 16.0. The number of rotatable bonds is 2. The number of aromatic nitrogens is 2. The molecule has 0 aliphatic rings. The van der Waals surface area contributed by atoms with Crippen molar-refractivity contribution in [2.75, 3.05) is 0 Å². The fraction of sp³-hybridized carbons (Fsp3) is 0.111. The molecule has 4 nitrogen and oxygen atoms in total. The highest BCUT2D eigenvalue weighted by molar-refractivity contribution is 9.10. The summed E-state index contributed by atoms with van der Waals surface area (Å²) < 4.78 is 12.1. The molecule has 5 heteroatoms. The van der Waals surface area contributed by atoms with E-state index in [2.05, 4.69) is 29.8 Å². The van der Waals surface area contributed by atoms with Crippen molar-refractivity contribution in [2.45, 2.75) is 13.8 Å². The van der Waals surface area contributed by atoms with Crippen molar-refractivity contribution in [3.8, 4) is 22.9 Å². The van der Waals surface area contributed by atoms with Crippen molar-refractivity contribution in [2.24, 2.45) is 0 Å². The Morgan fingerprint density at radius 2 is 1.48 bits per heavy atom. The summed E-state index contributed by atoms with van der Waals surface area (Å²) in [5, 5.41) is 0. The van der Waals surface area contributed by atoms with E-state index < -0.39 is 0 Å². The smallest absolute Gasteiger partial charge is 0.154 e. The number of fused-ring (bicyclic) bond motifs is 1. The third-order valence-electron chi connectivity index (χ3n) is 3.97. The first kappa shape index (κ1) is 14.2. The van der Waals surface area contributed by atoms with Gasteiger partial charge >= 0.3 is 0 Å². The van der Waals surface area contributed by atoms with Crippen LogP contribution in [0.2, 0.25) is 0 Å². The van der Waals surface area contributed by atoms with E-state index in [0.717, 1.165) is 26.6 Å². The molecule has 0 amide bonds. The highest BCUT2D eigenvalue weighted by atomic mass is 79.9. The van der Waals surface area contributed by atoms with Gasteiger partial charge in [0.15, 0.2) is 11.5 Å². The van der Waals surface area contributed by atoms with Crippen LogP contribution in [0.3, 0.4) is 0 Å². The first-order chi connectivity index (χ1) is 11.1. The van der Waals surface area contributed by atoms with Gasteiger partial charge in [0.25, 0.3) is 0 Å². The van der Waals surface area contributed by atoms with Gasteiger partial charge in [-0.25, -0.2) is 9.97 Å². The average molecular weight is 369 g/mol. The van der Waals surface area contributed by atoms with Crippen LogP contribution >= 0.6 is 15.9 Å². The predicted molar refractivity (Wildman–Crippen MR) is 92.1 cm³/mol. The van der Waals surface area contributed by atoms with Gasteiger partial charge in [0.1, 0.15) is 11.4 Å². The molecule has 114 valence electrons. The Bertz CT molecular complexity index is 990. The Balaban J connectivity index is 2.10. The minimum Gasteiger partial charge on any atom is -0.463 e. The van der Waals surface area contributed by atoms with E-state index in [1.165, 1.54) is 0 Å². The van der Waals surface area contributed by atoms with E-state index in [-0.39, 0.29) is 0 Å². The second-order valence-corrected chi connectivity index (χ2v) is 6.21. The Kier molecular flexibility index (Phi) is 3.31. The SMILES string of the molecule is Cc1c(Br)cc2nc(-c3ccco3)c(-c3ccco3)nc2c1C. The monoisotopic (exact) mass is 368 g/mol. The lowest BCUT2D eigenvalue weighted by molar-refractivity contribution is 0.572. The van der Waals surface area contributed by atoms with Gasteiger partial charge in [0, 0.05) is 4.47 Å². The first-order valence-corrected chi connectivity index (χ1v) is 7.99. The third kappa shape index (κ3) is 2.28. The predicted octanol–water partition coefficient (Wildman–Crippen LogP) is 5.53. The summed E-state index contributed by atoms with van der Waals surface area (Å²) in [5.74, 6) is 1.34. The second-order valence-electron chi connectivity index (χ2n) is 5.35. The summed E-state index contributed by atoms with van der Waals surface area (Å²) >= 11 is 3.59. The van der Waals surface area contributed by atoms with Crippen LogP contribution in [-0.4, -0.2) is 9.97 Å². The maximum atomic E-state index is 5.55. The first-order valence-electron chi connectivity index (χ1n) is 7.20. The Hall–Kier alpha value is -2.40. The molecule has 0 spiro atoms. The lowest BCUT2D eigenvalue weighted by atomic mass is 10.1. The molecule has 0 N–H and O–H groups in total. The Labute approximate surface area is 141 Å². The molecular weight excluding hydrogens is 356 g/mol. The van der Waals surface area contributed by atoms with Gasteiger partial charge in [-0.05, 0) is 55.3 Å². The van der Waals surface area contributed by atoms with Crippen LogP contribution in [-0.2, 0) is 0 Å². The standard InChI is InChI=1S/C18H13BrN2O2/c1-10-11(2)16-13(9-12(10)19)20-17(14-5-3-7-22-14)18(21-16)15-6-4-8-23-15/h3-9H,1-2H3. The molecule has 4 aromatic rings. The normalized spacial score (nSPS) is 11.3. The summed E-state index contributed by atoms with van der Waals surface area (Å²) in [4.78, 5) is 9.63. The molecule has 0 radical (unpaired) electrons. The lowest BCUT2D eigenvalue weighted by Gasteiger charge is -2.11. The average Bonchev–Trinajstić information content (AvgIpc) is 3.24. The van der Waals surface area contributed by atoms with Crippen molar-refractivity contribution < 1.29 is 8.83 Å². The van der Waals surface area contributed by atoms with E-state index in [9.17, 15) is 0 Å². The Morgan fingerprint density at radius 3 is 2.04 bits per heavy atom. The molecule has 4 rings (SSSR count). The molecule has 23 heavy (non-hydrogen) atoms. The van der Waals surface area contributed by atoms with Crippen molar-refractivity contribution >= 4 is 27.0 Å². The number of hydrogen-bond acceptors (Lipinski definition) is 4. The van der Waals surface area contributed by atoms with Crippen LogP contribution in [0.15, 0.2) is 56.2 Å². The number of nitrogens with zero attached hydrogens (tertiary/aromatic N) is 2. The van der Waals surface area contributed by atoms with Gasteiger partial charge in [-0.3, -0.25) is 0 Å². The summed E-state index contributed by atoms with van der Waals surface area (Å²) in [6.45, 7) is 4.11. The van der Waals surface area contributed by atoms with Gasteiger partial charge in [0.2, 0.25) is 0 Å². The Morgan fingerprint density at radius 1 is 0.870 bits per heavy atom. The van der Waals surface area contributed by atoms with Crippen LogP contribution in [0.1, 0.15) is 11.1 Å². The fourth-order valence-electron chi connectivity index (χ4n) is 2.58. The van der Waals surface area contributed by atoms with Gasteiger partial charge < -0.3 is 8.83 Å². The third-order valence-corrected chi connectivity index (χ3v) is 4.79. The van der Waals surface area contributed by atoms with Crippen molar-refractivity contribution in [3.63, 3.8) is 0 Å². The molecule has 0 saturated carbocycles. The molecule has 0 saturated heterocycles. The van der Waals surface area contributed by atoms with E-state index in [4.69, 9.17) is 18.8 Å². The van der Waals surface area contributed by atoms with Gasteiger partial charge in [-0.15, -0.1) is 0 Å². The molecule has 3 aromatic heterocycles. The number of hydrogen-bond donors (Lipinski definition) is 0. The summed E-state index contributed by atoms with van der Waals surface area (Å²) in [7, 11) is 0. The summed E-state index contributed by atoms with van der Waals surface area (Å²) in [5.41, 5.74) is 5.30. The molecular formula is C18H13BrN2O2. The maximum absolute atomic E-state index is 5.55. The zero-order valence-corrected chi connectivity index (χ0v) is 14.2. The van der Waals surface area contributed by atoms with Crippen molar-refractivity contribution in [1.29, 1.82) is 0 Å². The van der Waals surface area contributed by atoms with E-state index in [1.807, 2.05) is 30.3 Å². The fourth-order valence-corrected chi connectivity index (χ4v) is 3.09. The molecule has 1 aromatic carbocycles. The topological polar surface area (TPSA) is 52.1 Å². The second kappa shape index (κ2) is 5.35. The zero-order valence-electron chi connectivity index (χ0n) is 12.6. The minimum atomic E-state index is 0.667. The lowest BCUT2D eigenvalue weighted by Crippen LogP contribution is -1.97. The van der Waals surface area contributed by atoms with Crippen LogP contribution in [0.25, 0.3) is 33.9 Å². The minimum absolute atomic E-state index is 0.667. The highest BCUT2D eigenvalue weighted by Crippen LogP contribution is 2.34. The number of benzene rings is 1. The molecule has 0 atom stereocenters. The number of furan rings is 2. The molecule has 0 aliphatic carbocycles. The molecule has 3 heterocycles. The van der Waals surface area contributed by atoms with Gasteiger partial charge in [0.05, 0.1) is 23.6 Å².